The highest BCUT2D eigenvalue weighted by molar-refractivity contribution is 8.69. The third-order valence-electron chi connectivity index (χ3n) is 9.36. The molecule has 0 aliphatic carbocycles. The van der Waals surface area contributed by atoms with Gasteiger partial charge >= 0.3 is 5.97 Å². The van der Waals surface area contributed by atoms with E-state index in [1.165, 1.54) is 4.90 Å². The maximum atomic E-state index is 14.3. The quantitative estimate of drug-likeness (QED) is 0.0493. The van der Waals surface area contributed by atoms with Gasteiger partial charge in [0.05, 0.1) is 28.6 Å². The molecule has 2 aromatic rings. The number of carboxylic acid groups (broad SMARTS) is 1. The van der Waals surface area contributed by atoms with Gasteiger partial charge in [0.15, 0.2) is 5.96 Å². The Morgan fingerprint density at radius 3 is 2.38 bits per heavy atom. The predicted molar refractivity (Wildman–Crippen MR) is 214 cm³/mol. The maximum absolute atomic E-state index is 14.3. The van der Waals surface area contributed by atoms with Crippen molar-refractivity contribution in [1.82, 2.24) is 36.5 Å². The standard InChI is InChI=1S/C35H49N11O10S2/c36-30(51)25-18-58(56)57-13-10-27(47)42-22(8-3-4-11-39-35(37)38)31(52)41-17-28(48)43-23(15-29(49)50)32(53)44-24(14-19-16-40-21-7-2-1-6-20(19)21)34(55)46-12-5-9-26(46)33(54)45-25/h1-2,6-7,16,22-26,40H,3-5,8-15,17-18H2,(H2,36,51)(H,41,52)(H,42,47)(H,43,48)(H,44,53)(H,45,54)(H,49,50)(H4,37,38,39)/t22-,23-,24-,25-,26-,58?/m0/s1. The Morgan fingerprint density at radius 2 is 1.66 bits per heavy atom. The van der Waals surface area contributed by atoms with Crippen LogP contribution in [0.2, 0.25) is 0 Å². The number of aromatic amines is 1. The molecular weight excluding hydrogens is 799 g/mol. The van der Waals surface area contributed by atoms with Crippen molar-refractivity contribution in [1.29, 1.82) is 0 Å². The van der Waals surface area contributed by atoms with Crippen molar-refractivity contribution < 1.29 is 47.7 Å². The molecule has 23 heteroatoms. The highest BCUT2D eigenvalue weighted by atomic mass is 33.1. The summed E-state index contributed by atoms with van der Waals surface area (Å²) in [4.78, 5) is 114. The topological polar surface area (TPSA) is 343 Å². The molecule has 3 heterocycles. The van der Waals surface area contributed by atoms with Gasteiger partial charge in [0.1, 0.15) is 30.2 Å². The number of fused-ring (bicyclic) bond motifs is 2. The first-order valence-corrected chi connectivity index (χ1v) is 21.4. The van der Waals surface area contributed by atoms with Crippen molar-refractivity contribution in [3.8, 4) is 0 Å². The molecule has 1 unspecified atom stereocenters. The average Bonchev–Trinajstić information content (AvgIpc) is 3.82. The number of carboxylic acids is 1. The van der Waals surface area contributed by atoms with Crippen molar-refractivity contribution in [2.45, 2.75) is 81.6 Å². The van der Waals surface area contributed by atoms with Gasteiger partial charge in [0.2, 0.25) is 41.4 Å². The summed E-state index contributed by atoms with van der Waals surface area (Å²) in [5.41, 5.74) is 17.6. The number of nitrogens with one attached hydrogen (secondary N) is 6. The summed E-state index contributed by atoms with van der Waals surface area (Å²) < 4.78 is 13.0. The van der Waals surface area contributed by atoms with Gasteiger partial charge in [0, 0.05) is 48.8 Å². The van der Waals surface area contributed by atoms with Crippen LogP contribution in [0.15, 0.2) is 35.5 Å². The number of benzene rings is 1. The summed E-state index contributed by atoms with van der Waals surface area (Å²) in [6.45, 7) is -0.364. The van der Waals surface area contributed by atoms with Crippen LogP contribution in [-0.4, -0.2) is 134 Å². The van der Waals surface area contributed by atoms with Gasteiger partial charge in [-0.3, -0.25) is 43.3 Å². The zero-order chi connectivity index (χ0) is 42.4. The predicted octanol–water partition coefficient (Wildman–Crippen LogP) is -3.04. The van der Waals surface area contributed by atoms with E-state index >= 15 is 0 Å². The largest absolute Gasteiger partial charge is 0.481 e. The van der Waals surface area contributed by atoms with Crippen molar-refractivity contribution in [3.63, 3.8) is 0 Å². The van der Waals surface area contributed by atoms with Gasteiger partial charge < -0.3 is 58.8 Å². The molecule has 6 atom stereocenters. The van der Waals surface area contributed by atoms with E-state index in [1.54, 1.807) is 24.4 Å². The number of aliphatic carboxylic acids is 1. The Hall–Kier alpha value is -5.71. The fourth-order valence-electron chi connectivity index (χ4n) is 6.49. The molecule has 2 fully saturated rings. The van der Waals surface area contributed by atoms with E-state index in [1.807, 2.05) is 6.07 Å². The number of primary amides is 1. The van der Waals surface area contributed by atoms with Crippen LogP contribution in [0.5, 0.6) is 0 Å². The molecular formula is C35H49N11O10S2. The first-order valence-electron chi connectivity index (χ1n) is 18.5. The molecule has 1 aromatic carbocycles. The fraction of sp³-hybridized carbons (Fsp3) is 0.514. The van der Waals surface area contributed by atoms with E-state index in [2.05, 4.69) is 36.6 Å². The van der Waals surface area contributed by atoms with E-state index < -0.39 is 106 Å². The molecule has 0 radical (unpaired) electrons. The third kappa shape index (κ3) is 13.5. The minimum Gasteiger partial charge on any atom is -0.481 e. The molecule has 2 aliphatic heterocycles. The number of nitrogens with zero attached hydrogens (tertiary/aromatic N) is 2. The Bertz CT molecular complexity index is 1920. The van der Waals surface area contributed by atoms with Crippen molar-refractivity contribution in [2.24, 2.45) is 22.2 Å². The van der Waals surface area contributed by atoms with E-state index in [4.69, 9.17) is 17.2 Å². The minimum absolute atomic E-state index is 0.00613. The van der Waals surface area contributed by atoms with E-state index in [0.29, 0.717) is 24.8 Å². The van der Waals surface area contributed by atoms with Gasteiger partial charge in [-0.1, -0.05) is 29.0 Å². The monoisotopic (exact) mass is 847 g/mol. The molecule has 7 amide bonds. The number of amides is 7. The number of nitrogens with two attached hydrogens (primary N) is 3. The molecule has 21 nitrogen and oxygen atoms in total. The summed E-state index contributed by atoms with van der Waals surface area (Å²) in [6.07, 6.45) is 1.93. The highest BCUT2D eigenvalue weighted by Crippen LogP contribution is 2.23. The first-order chi connectivity index (χ1) is 27.6. The number of hydrogen-bond donors (Lipinski definition) is 10. The number of H-pyrrole nitrogens is 1. The number of para-hydroxylation sites is 1. The first kappa shape index (κ1) is 45.0. The van der Waals surface area contributed by atoms with Gasteiger partial charge in [-0.2, -0.15) is 0 Å². The second-order valence-electron chi connectivity index (χ2n) is 13.7. The van der Waals surface area contributed by atoms with Crippen LogP contribution < -0.4 is 43.8 Å². The molecule has 2 aliphatic rings. The third-order valence-corrected chi connectivity index (χ3v) is 12.3. The van der Waals surface area contributed by atoms with E-state index in [0.717, 1.165) is 21.7 Å². The van der Waals surface area contributed by atoms with Gasteiger partial charge in [-0.15, -0.1) is 0 Å². The number of rotatable bonds is 10. The normalized spacial score (nSPS) is 24.7. The second kappa shape index (κ2) is 21.7. The van der Waals surface area contributed by atoms with Crippen LogP contribution in [0, 0.1) is 0 Å². The molecule has 13 N–H and O–H groups in total. The number of aliphatic imine (C=N–C) groups is 1. The Labute approximate surface area is 339 Å². The smallest absolute Gasteiger partial charge is 0.305 e. The molecule has 316 valence electrons. The van der Waals surface area contributed by atoms with Crippen LogP contribution in [0.1, 0.15) is 50.5 Å². The molecule has 1 aromatic heterocycles. The zero-order valence-corrected chi connectivity index (χ0v) is 33.2. The van der Waals surface area contributed by atoms with Crippen LogP contribution in [0.3, 0.4) is 0 Å². The lowest BCUT2D eigenvalue weighted by atomic mass is 10.0. The minimum atomic E-state index is -1.82. The summed E-state index contributed by atoms with van der Waals surface area (Å²) in [7, 11) is -0.990. The lowest BCUT2D eigenvalue weighted by molar-refractivity contribution is -0.143. The molecule has 0 bridgehead atoms. The lowest BCUT2D eigenvalue weighted by Gasteiger charge is -2.30. The molecule has 58 heavy (non-hydrogen) atoms. The van der Waals surface area contributed by atoms with Crippen molar-refractivity contribution in [2.75, 3.05) is 31.1 Å². The number of carbonyl (C=O) groups excluding carboxylic acids is 7. The van der Waals surface area contributed by atoms with Gasteiger partial charge in [-0.25, -0.2) is 4.21 Å². The second-order valence-corrected chi connectivity index (χ2v) is 17.1. The lowest BCUT2D eigenvalue weighted by Crippen LogP contribution is -2.59. The molecule has 0 saturated carbocycles. The number of carbonyl (C=O) groups is 8. The fourth-order valence-corrected chi connectivity index (χ4v) is 9.07. The molecule has 4 rings (SSSR count). The zero-order valence-electron chi connectivity index (χ0n) is 31.5. The van der Waals surface area contributed by atoms with Crippen molar-refractivity contribution in [3.05, 3.63) is 36.0 Å². The van der Waals surface area contributed by atoms with Gasteiger partial charge in [0.25, 0.3) is 0 Å². The Morgan fingerprint density at radius 1 is 0.914 bits per heavy atom. The van der Waals surface area contributed by atoms with Crippen LogP contribution in [0.4, 0.5) is 0 Å². The van der Waals surface area contributed by atoms with Crippen LogP contribution >= 0.6 is 10.8 Å². The Balaban J connectivity index is 1.64. The van der Waals surface area contributed by atoms with Crippen molar-refractivity contribution >= 4 is 84.8 Å². The van der Waals surface area contributed by atoms with Gasteiger partial charge in [-0.05, 0) is 43.7 Å². The summed E-state index contributed by atoms with van der Waals surface area (Å²) in [5.74, 6) is -7.73. The number of guanidine groups is 1. The van der Waals surface area contributed by atoms with E-state index in [-0.39, 0.29) is 50.5 Å². The highest BCUT2D eigenvalue weighted by Gasteiger charge is 2.40. The maximum Gasteiger partial charge on any atom is 0.305 e. The van der Waals surface area contributed by atoms with E-state index in [9.17, 15) is 47.7 Å². The Kier molecular flexibility index (Phi) is 16.8. The summed E-state index contributed by atoms with van der Waals surface area (Å²) >= 11 is 0. The summed E-state index contributed by atoms with van der Waals surface area (Å²) in [6, 6.07) is 0.456. The SMILES string of the molecule is NC(=O)[C@@H]1CS(=O)SCCC(=O)N[C@@H](CCCCN=C(N)N)C(=O)NCC(=O)N[C@@H](CC(=O)O)C(=O)N[C@@H](Cc2c[nH]c3ccccc23)C(=O)N2CCC[C@H]2C(=O)N1. The van der Waals surface area contributed by atoms with Crippen LogP contribution in [-0.2, 0) is 54.6 Å². The number of hydrogen-bond acceptors (Lipinski definition) is 11. The average molecular weight is 848 g/mol. The summed E-state index contributed by atoms with van der Waals surface area (Å²) in [5, 5.41) is 22.8. The molecule has 2 saturated heterocycles. The number of aromatic nitrogens is 1. The van der Waals surface area contributed by atoms with Crippen LogP contribution in [0.25, 0.3) is 10.9 Å². The molecule has 0 spiro atoms. The number of unbranched alkanes of at least 4 members (excludes halogenated alkanes) is 1.